The van der Waals surface area contributed by atoms with Crippen LogP contribution in [-0.4, -0.2) is 21.4 Å². The van der Waals surface area contributed by atoms with Crippen molar-refractivity contribution in [2.45, 2.75) is 18.9 Å². The molecule has 0 bridgehead atoms. The van der Waals surface area contributed by atoms with Crippen LogP contribution in [0.3, 0.4) is 0 Å². The van der Waals surface area contributed by atoms with Crippen LogP contribution in [0.1, 0.15) is 23.9 Å². The minimum atomic E-state index is -0.365. The highest BCUT2D eigenvalue weighted by Crippen LogP contribution is 2.41. The monoisotopic (exact) mass is 326 g/mol. The van der Waals surface area contributed by atoms with Crippen molar-refractivity contribution in [3.05, 3.63) is 57.7 Å². The van der Waals surface area contributed by atoms with Crippen LogP contribution in [0.4, 0.5) is 11.5 Å². The van der Waals surface area contributed by atoms with Crippen molar-refractivity contribution >= 4 is 33.1 Å². The van der Waals surface area contributed by atoms with Crippen molar-refractivity contribution in [3.8, 4) is 0 Å². The summed E-state index contributed by atoms with van der Waals surface area (Å²) in [5.41, 5.74) is 1.04. The number of pyridine rings is 1. The smallest absolute Gasteiger partial charge is 0.311 e. The summed E-state index contributed by atoms with van der Waals surface area (Å²) in [6.45, 7) is 0.762. The van der Waals surface area contributed by atoms with E-state index in [2.05, 4.69) is 11.1 Å². The normalized spacial score (nSPS) is 17.7. The number of benzene rings is 1. The van der Waals surface area contributed by atoms with Gasteiger partial charge in [-0.2, -0.15) is 0 Å². The maximum absolute atomic E-state index is 11.3. The summed E-state index contributed by atoms with van der Waals surface area (Å²) in [4.78, 5) is 21.9. The fourth-order valence-electron chi connectivity index (χ4n) is 3.06. The summed E-state index contributed by atoms with van der Waals surface area (Å²) in [7, 11) is 0. The van der Waals surface area contributed by atoms with Gasteiger partial charge in [-0.25, -0.2) is 9.97 Å². The topological polar surface area (TPSA) is 72.2 Å². The molecule has 1 saturated heterocycles. The number of rotatable bonds is 3. The Labute approximate surface area is 136 Å². The van der Waals surface area contributed by atoms with Gasteiger partial charge in [0.15, 0.2) is 0 Å². The average molecular weight is 326 g/mol. The Bertz CT molecular complexity index is 846. The number of aromatic nitrogens is 2. The molecule has 116 valence electrons. The maximum atomic E-state index is 11.3. The number of nitrogens with zero attached hydrogens (tertiary/aromatic N) is 4. The van der Waals surface area contributed by atoms with Crippen LogP contribution >= 0.6 is 11.3 Å². The van der Waals surface area contributed by atoms with E-state index in [4.69, 9.17) is 4.98 Å². The Morgan fingerprint density at radius 2 is 2.13 bits per heavy atom. The molecule has 0 aliphatic carbocycles. The third kappa shape index (κ3) is 2.43. The molecular formula is C16H14N4O2S. The molecule has 0 saturated carbocycles. The fraction of sp³-hybridized carbons (Fsp3) is 0.250. The Morgan fingerprint density at radius 3 is 2.96 bits per heavy atom. The van der Waals surface area contributed by atoms with Gasteiger partial charge in [-0.3, -0.25) is 10.1 Å². The molecule has 6 nitrogen and oxygen atoms in total. The lowest BCUT2D eigenvalue weighted by atomic mass is 10.2. The Morgan fingerprint density at radius 1 is 1.26 bits per heavy atom. The van der Waals surface area contributed by atoms with Crippen LogP contribution in [-0.2, 0) is 0 Å². The van der Waals surface area contributed by atoms with Crippen LogP contribution in [0.15, 0.2) is 42.6 Å². The number of fused-ring (bicyclic) bond motifs is 1. The predicted molar refractivity (Wildman–Crippen MR) is 89.8 cm³/mol. The van der Waals surface area contributed by atoms with Crippen LogP contribution in [0.5, 0.6) is 0 Å². The zero-order valence-electron chi connectivity index (χ0n) is 12.3. The molecule has 1 aliphatic heterocycles. The average Bonchev–Trinajstić information content (AvgIpc) is 3.21. The SMILES string of the molecule is O=[N+]([O-])c1cccnc1N1CCC[C@H]1c1nc2ccccc2s1. The van der Waals surface area contributed by atoms with Crippen molar-refractivity contribution < 1.29 is 4.92 Å². The van der Waals surface area contributed by atoms with E-state index in [1.54, 1.807) is 23.6 Å². The van der Waals surface area contributed by atoms with E-state index in [0.717, 1.165) is 34.6 Å². The second-order valence-corrected chi connectivity index (χ2v) is 6.54. The first-order chi connectivity index (χ1) is 11.2. The quantitative estimate of drug-likeness (QED) is 0.538. The molecule has 1 aromatic carbocycles. The summed E-state index contributed by atoms with van der Waals surface area (Å²) in [5.74, 6) is 0.444. The van der Waals surface area contributed by atoms with E-state index >= 15 is 0 Å². The number of thiazole rings is 1. The molecule has 0 spiro atoms. The molecule has 1 fully saturated rings. The summed E-state index contributed by atoms with van der Waals surface area (Å²) >= 11 is 1.66. The molecule has 4 rings (SSSR count). The van der Waals surface area contributed by atoms with Crippen LogP contribution in [0.25, 0.3) is 10.2 Å². The number of anilines is 1. The van der Waals surface area contributed by atoms with Crippen LogP contribution < -0.4 is 4.90 Å². The van der Waals surface area contributed by atoms with Crippen LogP contribution in [0.2, 0.25) is 0 Å². The van der Waals surface area contributed by atoms with Crippen molar-refractivity contribution in [1.29, 1.82) is 0 Å². The van der Waals surface area contributed by atoms with E-state index in [9.17, 15) is 10.1 Å². The third-order valence-electron chi connectivity index (χ3n) is 4.08. The van der Waals surface area contributed by atoms with Gasteiger partial charge in [-0.1, -0.05) is 12.1 Å². The molecule has 1 atom stereocenters. The molecule has 2 aromatic heterocycles. The standard InChI is InChI=1S/C16H14N4O2S/c21-20(22)12-6-3-9-17-15(12)19-10-4-7-13(19)16-18-11-5-1-2-8-14(11)23-16/h1-3,5-6,8-9,13H,4,7,10H2/t13-/m0/s1. The summed E-state index contributed by atoms with van der Waals surface area (Å²) in [6.07, 6.45) is 3.53. The molecule has 0 amide bonds. The largest absolute Gasteiger partial charge is 0.341 e. The van der Waals surface area contributed by atoms with E-state index in [1.807, 2.05) is 23.1 Å². The molecular weight excluding hydrogens is 312 g/mol. The molecule has 3 aromatic rings. The van der Waals surface area contributed by atoms with Gasteiger partial charge in [0.25, 0.3) is 0 Å². The van der Waals surface area contributed by atoms with Crippen molar-refractivity contribution in [3.63, 3.8) is 0 Å². The van der Waals surface area contributed by atoms with Crippen LogP contribution in [0, 0.1) is 10.1 Å². The minimum Gasteiger partial charge on any atom is -0.341 e. The Hall–Kier alpha value is -2.54. The Balaban J connectivity index is 1.76. The molecule has 7 heteroatoms. The van der Waals surface area contributed by atoms with Gasteiger partial charge >= 0.3 is 5.69 Å². The lowest BCUT2D eigenvalue weighted by Gasteiger charge is -2.23. The van der Waals surface area contributed by atoms with Crippen molar-refractivity contribution in [1.82, 2.24) is 9.97 Å². The van der Waals surface area contributed by atoms with Gasteiger partial charge in [0.2, 0.25) is 5.82 Å². The number of para-hydroxylation sites is 1. The molecule has 0 radical (unpaired) electrons. The van der Waals surface area contributed by atoms with Gasteiger partial charge < -0.3 is 4.90 Å². The van der Waals surface area contributed by atoms with E-state index in [-0.39, 0.29) is 16.7 Å². The van der Waals surface area contributed by atoms with Crippen molar-refractivity contribution in [2.24, 2.45) is 0 Å². The van der Waals surface area contributed by atoms with Crippen molar-refractivity contribution in [2.75, 3.05) is 11.4 Å². The number of hydrogen-bond donors (Lipinski definition) is 0. The summed E-state index contributed by atoms with van der Waals surface area (Å²) in [5, 5.41) is 12.3. The summed E-state index contributed by atoms with van der Waals surface area (Å²) in [6, 6.07) is 11.2. The minimum absolute atomic E-state index is 0.0560. The predicted octanol–water partition coefficient (Wildman–Crippen LogP) is 3.94. The lowest BCUT2D eigenvalue weighted by molar-refractivity contribution is -0.384. The molecule has 23 heavy (non-hydrogen) atoms. The highest BCUT2D eigenvalue weighted by Gasteiger charge is 2.33. The third-order valence-corrected chi connectivity index (χ3v) is 5.22. The zero-order chi connectivity index (χ0) is 15.8. The second-order valence-electron chi connectivity index (χ2n) is 5.47. The first-order valence-electron chi connectivity index (χ1n) is 7.45. The zero-order valence-corrected chi connectivity index (χ0v) is 13.1. The number of nitro groups is 1. The second kappa shape index (κ2) is 5.58. The lowest BCUT2D eigenvalue weighted by Crippen LogP contribution is -2.24. The maximum Gasteiger partial charge on any atom is 0.311 e. The van der Waals surface area contributed by atoms with E-state index < -0.39 is 0 Å². The van der Waals surface area contributed by atoms with Gasteiger partial charge in [0.1, 0.15) is 5.01 Å². The molecule has 0 unspecified atom stereocenters. The van der Waals surface area contributed by atoms with Gasteiger partial charge in [0.05, 0.1) is 21.2 Å². The Kier molecular flexibility index (Phi) is 3.42. The van der Waals surface area contributed by atoms with Gasteiger partial charge in [0, 0.05) is 18.8 Å². The first-order valence-corrected chi connectivity index (χ1v) is 8.27. The van der Waals surface area contributed by atoms with Gasteiger partial charge in [-0.05, 0) is 31.0 Å². The molecule has 1 aliphatic rings. The molecule has 0 N–H and O–H groups in total. The number of hydrogen-bond acceptors (Lipinski definition) is 6. The fourth-order valence-corrected chi connectivity index (χ4v) is 4.18. The van der Waals surface area contributed by atoms with E-state index in [1.165, 1.54) is 6.07 Å². The molecule has 3 heterocycles. The highest BCUT2D eigenvalue weighted by molar-refractivity contribution is 7.18. The van der Waals surface area contributed by atoms with Gasteiger partial charge in [-0.15, -0.1) is 11.3 Å². The van der Waals surface area contributed by atoms with E-state index in [0.29, 0.717) is 5.82 Å². The highest BCUT2D eigenvalue weighted by atomic mass is 32.1. The summed E-state index contributed by atoms with van der Waals surface area (Å²) < 4.78 is 1.14. The first kappa shape index (κ1) is 14.1.